The van der Waals surface area contributed by atoms with Crippen LogP contribution in [0.3, 0.4) is 0 Å². The third-order valence-electron chi connectivity index (χ3n) is 2.80. The molecule has 90 valence electrons. The molecule has 0 saturated carbocycles. The van der Waals surface area contributed by atoms with Gasteiger partial charge in [0.25, 0.3) is 0 Å². The zero-order chi connectivity index (χ0) is 12.3. The minimum atomic E-state index is -2.81. The number of nitriles is 1. The first-order chi connectivity index (χ1) is 8.09. The molecule has 1 aliphatic heterocycles. The topological polar surface area (TPSA) is 82.9 Å². The largest absolute Gasteiger partial charge is 0.383 e. The molecule has 2 heterocycles. The molecule has 0 bridgehead atoms. The summed E-state index contributed by atoms with van der Waals surface area (Å²) in [7, 11) is -2.81. The van der Waals surface area contributed by atoms with Gasteiger partial charge in [0.2, 0.25) is 0 Å². The van der Waals surface area contributed by atoms with Gasteiger partial charge in [0.15, 0.2) is 9.84 Å². The second kappa shape index (κ2) is 4.72. The van der Waals surface area contributed by atoms with Gasteiger partial charge in [-0.15, -0.1) is 0 Å². The summed E-state index contributed by atoms with van der Waals surface area (Å²) in [5.41, 5.74) is 1.19. The quantitative estimate of drug-likeness (QED) is 0.859. The molecule has 1 atom stereocenters. The Bertz CT molecular complexity index is 531. The molecule has 0 spiro atoms. The molecule has 0 radical (unpaired) electrons. The molecule has 17 heavy (non-hydrogen) atoms. The van der Waals surface area contributed by atoms with E-state index < -0.39 is 9.84 Å². The van der Waals surface area contributed by atoms with Gasteiger partial charge in [-0.3, -0.25) is 0 Å². The van der Waals surface area contributed by atoms with Gasteiger partial charge in [0.1, 0.15) is 11.8 Å². The minimum Gasteiger partial charge on any atom is -0.383 e. The Morgan fingerprint density at radius 3 is 2.88 bits per heavy atom. The molecule has 1 N–H and O–H groups in total. The van der Waals surface area contributed by atoms with Crippen molar-refractivity contribution < 1.29 is 8.42 Å². The Kier molecular flexibility index (Phi) is 3.29. The van der Waals surface area contributed by atoms with Crippen molar-refractivity contribution in [1.82, 2.24) is 4.98 Å². The zero-order valence-corrected chi connectivity index (χ0v) is 10.1. The Labute approximate surface area is 100 Å². The van der Waals surface area contributed by atoms with Gasteiger partial charge in [0, 0.05) is 6.54 Å². The van der Waals surface area contributed by atoms with Crippen LogP contribution in [0.15, 0.2) is 18.3 Å². The number of nitrogens with one attached hydrogen (secondary N) is 1. The van der Waals surface area contributed by atoms with Crippen LogP contribution in [0.25, 0.3) is 0 Å². The molecule has 1 aromatic rings. The highest BCUT2D eigenvalue weighted by atomic mass is 32.2. The maximum absolute atomic E-state index is 11.3. The lowest BCUT2D eigenvalue weighted by Gasteiger charge is -2.10. The van der Waals surface area contributed by atoms with Crippen molar-refractivity contribution in [2.45, 2.75) is 6.42 Å². The number of hydrogen-bond acceptors (Lipinski definition) is 5. The highest BCUT2D eigenvalue weighted by molar-refractivity contribution is 7.91. The molecular formula is C11H13N3O2S. The van der Waals surface area contributed by atoms with Crippen molar-refractivity contribution in [3.63, 3.8) is 0 Å². The van der Waals surface area contributed by atoms with E-state index in [1.807, 2.05) is 6.07 Å². The van der Waals surface area contributed by atoms with E-state index in [1.54, 1.807) is 18.3 Å². The molecule has 5 nitrogen and oxygen atoms in total. The van der Waals surface area contributed by atoms with E-state index in [4.69, 9.17) is 5.26 Å². The Hall–Kier alpha value is -1.61. The summed E-state index contributed by atoms with van der Waals surface area (Å²) in [6, 6.07) is 5.35. The molecular weight excluding hydrogens is 238 g/mol. The van der Waals surface area contributed by atoms with Gasteiger partial charge in [-0.25, -0.2) is 13.4 Å². The Balaban J connectivity index is 1.88. The van der Waals surface area contributed by atoms with Crippen molar-refractivity contribution in [1.29, 1.82) is 5.26 Å². The molecule has 1 saturated heterocycles. The van der Waals surface area contributed by atoms with Crippen LogP contribution in [0, 0.1) is 17.2 Å². The van der Waals surface area contributed by atoms with Gasteiger partial charge in [-0.1, -0.05) is 0 Å². The molecule has 0 amide bonds. The van der Waals surface area contributed by atoms with Gasteiger partial charge in [0.05, 0.1) is 23.4 Å². The second-order valence-corrected chi connectivity index (χ2v) is 6.42. The number of nitrogens with zero attached hydrogens (tertiary/aromatic N) is 2. The molecule has 1 fully saturated rings. The molecule has 6 heteroatoms. The van der Waals surface area contributed by atoms with Crippen LogP contribution in [-0.4, -0.2) is 31.5 Å². The lowest BCUT2D eigenvalue weighted by atomic mass is 10.1. The van der Waals surface area contributed by atoms with Crippen molar-refractivity contribution in [2.24, 2.45) is 5.92 Å². The summed E-state index contributed by atoms with van der Waals surface area (Å²) in [5.74, 6) is 0.741. The number of rotatable bonds is 3. The van der Waals surface area contributed by atoms with Crippen LogP contribution in [0.2, 0.25) is 0 Å². The number of sulfone groups is 1. The summed E-state index contributed by atoms with van der Waals surface area (Å²) in [6.45, 7) is 0.632. The average molecular weight is 251 g/mol. The van der Waals surface area contributed by atoms with Gasteiger partial charge in [-0.05, 0) is 24.5 Å². The maximum Gasteiger partial charge on any atom is 0.150 e. The molecule has 2 rings (SSSR count). The zero-order valence-electron chi connectivity index (χ0n) is 9.26. The standard InChI is InChI=1S/C11H13N3O2S/c12-5-10-1-2-11(7-14-10)13-6-9-3-4-17(15,16)8-9/h1-2,7,9,13H,3-4,6,8H2. The Morgan fingerprint density at radius 1 is 1.53 bits per heavy atom. The SMILES string of the molecule is N#Cc1ccc(NCC2CCS(=O)(=O)C2)cn1. The third-order valence-corrected chi connectivity index (χ3v) is 4.64. The van der Waals surface area contributed by atoms with Crippen molar-refractivity contribution >= 4 is 15.5 Å². The Morgan fingerprint density at radius 2 is 2.35 bits per heavy atom. The van der Waals surface area contributed by atoms with Crippen LogP contribution < -0.4 is 5.32 Å². The van der Waals surface area contributed by atoms with Crippen LogP contribution in [-0.2, 0) is 9.84 Å². The van der Waals surface area contributed by atoms with Gasteiger partial charge in [-0.2, -0.15) is 5.26 Å². The van der Waals surface area contributed by atoms with E-state index >= 15 is 0 Å². The van der Waals surface area contributed by atoms with Crippen LogP contribution >= 0.6 is 0 Å². The second-order valence-electron chi connectivity index (χ2n) is 4.19. The highest BCUT2D eigenvalue weighted by Gasteiger charge is 2.27. The average Bonchev–Trinajstić information content (AvgIpc) is 2.67. The predicted octanol–water partition coefficient (Wildman–Crippen LogP) is 0.800. The summed E-state index contributed by atoms with van der Waals surface area (Å²) in [6.07, 6.45) is 2.31. The monoisotopic (exact) mass is 251 g/mol. The predicted molar refractivity (Wildman–Crippen MR) is 64.2 cm³/mol. The fourth-order valence-corrected chi connectivity index (χ4v) is 3.72. The summed E-state index contributed by atoms with van der Waals surface area (Å²) >= 11 is 0. The fraction of sp³-hybridized carbons (Fsp3) is 0.455. The van der Waals surface area contributed by atoms with E-state index in [2.05, 4.69) is 10.3 Å². The van der Waals surface area contributed by atoms with Crippen LogP contribution in [0.1, 0.15) is 12.1 Å². The highest BCUT2D eigenvalue weighted by Crippen LogP contribution is 2.19. The first-order valence-corrected chi connectivity index (χ1v) is 7.22. The smallest absolute Gasteiger partial charge is 0.150 e. The normalized spacial score (nSPS) is 21.9. The molecule has 0 aromatic carbocycles. The lowest BCUT2D eigenvalue weighted by Crippen LogP contribution is -2.15. The first kappa shape index (κ1) is 11.9. The molecule has 0 aliphatic carbocycles. The van der Waals surface area contributed by atoms with E-state index in [1.165, 1.54) is 0 Å². The third kappa shape index (κ3) is 3.17. The molecule has 1 aliphatic rings. The van der Waals surface area contributed by atoms with Crippen LogP contribution in [0.5, 0.6) is 0 Å². The molecule has 1 aromatic heterocycles. The number of anilines is 1. The van der Waals surface area contributed by atoms with Crippen molar-refractivity contribution in [3.8, 4) is 6.07 Å². The number of hydrogen-bond donors (Lipinski definition) is 1. The van der Waals surface area contributed by atoms with E-state index in [-0.39, 0.29) is 11.7 Å². The first-order valence-electron chi connectivity index (χ1n) is 5.39. The number of pyridine rings is 1. The molecule has 1 unspecified atom stereocenters. The van der Waals surface area contributed by atoms with Gasteiger partial charge < -0.3 is 5.32 Å². The van der Waals surface area contributed by atoms with Crippen molar-refractivity contribution in [2.75, 3.05) is 23.4 Å². The number of aromatic nitrogens is 1. The fourth-order valence-electron chi connectivity index (χ4n) is 1.86. The van der Waals surface area contributed by atoms with Crippen molar-refractivity contribution in [3.05, 3.63) is 24.0 Å². The van der Waals surface area contributed by atoms with E-state index in [9.17, 15) is 8.42 Å². The summed E-state index contributed by atoms with van der Waals surface area (Å²) < 4.78 is 22.5. The summed E-state index contributed by atoms with van der Waals surface area (Å²) in [4.78, 5) is 3.93. The summed E-state index contributed by atoms with van der Waals surface area (Å²) in [5, 5.41) is 11.7. The van der Waals surface area contributed by atoms with E-state index in [0.29, 0.717) is 18.0 Å². The minimum absolute atomic E-state index is 0.177. The van der Waals surface area contributed by atoms with E-state index in [0.717, 1.165) is 12.1 Å². The maximum atomic E-state index is 11.3. The van der Waals surface area contributed by atoms with Crippen LogP contribution in [0.4, 0.5) is 5.69 Å². The van der Waals surface area contributed by atoms with Gasteiger partial charge >= 0.3 is 0 Å². The lowest BCUT2D eigenvalue weighted by molar-refractivity contribution is 0.596.